The second-order valence-corrected chi connectivity index (χ2v) is 4.71. The van der Waals surface area contributed by atoms with E-state index >= 15 is 0 Å². The predicted octanol–water partition coefficient (Wildman–Crippen LogP) is 5.08. The molecule has 0 bridgehead atoms. The van der Waals surface area contributed by atoms with Crippen LogP contribution in [-0.2, 0) is 9.47 Å². The molecular formula is C15H30O3. The van der Waals surface area contributed by atoms with Crippen molar-refractivity contribution >= 4 is 6.16 Å². The highest BCUT2D eigenvalue weighted by Crippen LogP contribution is 2.10. The Hall–Kier alpha value is -0.730. The van der Waals surface area contributed by atoms with E-state index in [1.54, 1.807) is 6.92 Å². The van der Waals surface area contributed by atoms with Gasteiger partial charge in [0.15, 0.2) is 0 Å². The molecule has 3 heteroatoms. The van der Waals surface area contributed by atoms with E-state index in [0.717, 1.165) is 12.8 Å². The van der Waals surface area contributed by atoms with Gasteiger partial charge < -0.3 is 9.47 Å². The summed E-state index contributed by atoms with van der Waals surface area (Å²) in [4.78, 5) is 10.9. The second kappa shape index (κ2) is 14.3. The normalized spacial score (nSPS) is 10.3. The molecule has 3 nitrogen and oxygen atoms in total. The maximum atomic E-state index is 10.9. The molecule has 0 rings (SSSR count). The van der Waals surface area contributed by atoms with E-state index in [0.29, 0.717) is 13.2 Å². The maximum absolute atomic E-state index is 10.9. The predicted molar refractivity (Wildman–Crippen MR) is 74.8 cm³/mol. The van der Waals surface area contributed by atoms with E-state index < -0.39 is 6.16 Å². The Morgan fingerprint density at radius 2 is 1.22 bits per heavy atom. The molecule has 0 aromatic carbocycles. The number of rotatable bonds is 12. The lowest BCUT2D eigenvalue weighted by atomic mass is 10.1. The Labute approximate surface area is 112 Å². The number of ether oxygens (including phenoxy) is 2. The van der Waals surface area contributed by atoms with E-state index in [1.165, 1.54) is 51.4 Å². The van der Waals surface area contributed by atoms with Gasteiger partial charge in [0.05, 0.1) is 13.2 Å². The van der Waals surface area contributed by atoms with Crippen molar-refractivity contribution in [1.82, 2.24) is 0 Å². The lowest BCUT2D eigenvalue weighted by Crippen LogP contribution is -2.07. The minimum absolute atomic E-state index is 0.386. The van der Waals surface area contributed by atoms with E-state index in [1.807, 2.05) is 0 Å². The van der Waals surface area contributed by atoms with Crippen molar-refractivity contribution in [3.05, 3.63) is 0 Å². The highest BCUT2D eigenvalue weighted by atomic mass is 16.7. The zero-order chi connectivity index (χ0) is 13.5. The number of hydrogen-bond donors (Lipinski definition) is 0. The summed E-state index contributed by atoms with van der Waals surface area (Å²) in [5.74, 6) is 0. The summed E-state index contributed by atoms with van der Waals surface area (Å²) in [6.07, 6.45) is 12.3. The Bertz CT molecular complexity index is 181. The zero-order valence-electron chi connectivity index (χ0n) is 12.2. The van der Waals surface area contributed by atoms with Gasteiger partial charge in [-0.1, -0.05) is 64.7 Å². The van der Waals surface area contributed by atoms with Crippen LogP contribution < -0.4 is 0 Å². The molecule has 0 saturated heterocycles. The van der Waals surface area contributed by atoms with Crippen LogP contribution in [0, 0.1) is 0 Å². The SMILES string of the molecule is CCCCCCCCCCCCOC(=O)OCC. The molecule has 0 unspecified atom stereocenters. The number of carbonyl (C=O) groups is 1. The molecule has 0 atom stereocenters. The Balaban J connectivity index is 3.01. The molecule has 0 aromatic heterocycles. The summed E-state index contributed by atoms with van der Waals surface area (Å²) in [7, 11) is 0. The molecular weight excluding hydrogens is 228 g/mol. The molecule has 0 saturated carbocycles. The zero-order valence-corrected chi connectivity index (χ0v) is 12.2. The quantitative estimate of drug-likeness (QED) is 0.362. The van der Waals surface area contributed by atoms with Gasteiger partial charge in [-0.3, -0.25) is 0 Å². The van der Waals surface area contributed by atoms with E-state index in [2.05, 4.69) is 11.7 Å². The van der Waals surface area contributed by atoms with Gasteiger partial charge in [-0.05, 0) is 13.3 Å². The summed E-state index contributed by atoms with van der Waals surface area (Å²) in [5.41, 5.74) is 0. The van der Waals surface area contributed by atoms with Crippen molar-refractivity contribution in [2.45, 2.75) is 78.1 Å². The van der Waals surface area contributed by atoms with Crippen LogP contribution in [0.3, 0.4) is 0 Å². The van der Waals surface area contributed by atoms with Crippen molar-refractivity contribution in [2.75, 3.05) is 13.2 Å². The van der Waals surface area contributed by atoms with Crippen molar-refractivity contribution in [3.8, 4) is 0 Å². The summed E-state index contributed by atoms with van der Waals surface area (Å²) in [6.45, 7) is 4.91. The van der Waals surface area contributed by atoms with Crippen LogP contribution in [0.4, 0.5) is 4.79 Å². The Kier molecular flexibility index (Phi) is 13.8. The van der Waals surface area contributed by atoms with Crippen LogP contribution in [0.15, 0.2) is 0 Å². The van der Waals surface area contributed by atoms with Gasteiger partial charge in [0.1, 0.15) is 0 Å². The van der Waals surface area contributed by atoms with Crippen LogP contribution >= 0.6 is 0 Å². The summed E-state index contributed by atoms with van der Waals surface area (Å²) in [5, 5.41) is 0. The van der Waals surface area contributed by atoms with Gasteiger partial charge in [-0.25, -0.2) is 4.79 Å². The minimum atomic E-state index is -0.534. The lowest BCUT2D eigenvalue weighted by molar-refractivity contribution is 0.0578. The number of carbonyl (C=O) groups excluding carboxylic acids is 1. The molecule has 0 fully saturated rings. The molecule has 18 heavy (non-hydrogen) atoms. The Morgan fingerprint density at radius 1 is 0.722 bits per heavy atom. The van der Waals surface area contributed by atoms with Crippen LogP contribution in [0.5, 0.6) is 0 Å². The van der Waals surface area contributed by atoms with Gasteiger partial charge in [0.25, 0.3) is 0 Å². The lowest BCUT2D eigenvalue weighted by Gasteiger charge is -2.04. The summed E-state index contributed by atoms with van der Waals surface area (Å²) >= 11 is 0. The molecule has 0 aliphatic carbocycles. The molecule has 0 aliphatic rings. The molecule has 108 valence electrons. The Morgan fingerprint density at radius 3 is 1.72 bits per heavy atom. The molecule has 0 radical (unpaired) electrons. The molecule has 0 aliphatic heterocycles. The topological polar surface area (TPSA) is 35.5 Å². The van der Waals surface area contributed by atoms with E-state index in [9.17, 15) is 4.79 Å². The number of unbranched alkanes of at least 4 members (excludes halogenated alkanes) is 9. The van der Waals surface area contributed by atoms with E-state index in [4.69, 9.17) is 4.74 Å². The summed E-state index contributed by atoms with van der Waals surface area (Å²) < 4.78 is 9.57. The van der Waals surface area contributed by atoms with Crippen molar-refractivity contribution in [2.24, 2.45) is 0 Å². The maximum Gasteiger partial charge on any atom is 0.508 e. The molecule has 0 spiro atoms. The molecule has 0 N–H and O–H groups in total. The van der Waals surface area contributed by atoms with Crippen LogP contribution in [-0.4, -0.2) is 19.4 Å². The van der Waals surface area contributed by atoms with Crippen LogP contribution in [0.2, 0.25) is 0 Å². The van der Waals surface area contributed by atoms with Crippen molar-refractivity contribution in [1.29, 1.82) is 0 Å². The molecule has 0 heterocycles. The molecule has 0 amide bonds. The average Bonchev–Trinajstić information content (AvgIpc) is 2.36. The second-order valence-electron chi connectivity index (χ2n) is 4.71. The van der Waals surface area contributed by atoms with Crippen molar-refractivity contribution in [3.63, 3.8) is 0 Å². The van der Waals surface area contributed by atoms with Gasteiger partial charge in [0, 0.05) is 0 Å². The first-order chi connectivity index (χ1) is 8.81. The highest BCUT2D eigenvalue weighted by Gasteiger charge is 2.00. The minimum Gasteiger partial charge on any atom is -0.435 e. The molecule has 0 aromatic rings. The fraction of sp³-hybridized carbons (Fsp3) is 0.933. The fourth-order valence-corrected chi connectivity index (χ4v) is 1.90. The summed E-state index contributed by atoms with van der Waals surface area (Å²) in [6, 6.07) is 0. The first-order valence-electron chi connectivity index (χ1n) is 7.60. The average molecular weight is 258 g/mol. The van der Waals surface area contributed by atoms with Crippen LogP contribution in [0.1, 0.15) is 78.1 Å². The fourth-order valence-electron chi connectivity index (χ4n) is 1.90. The van der Waals surface area contributed by atoms with Gasteiger partial charge in [-0.2, -0.15) is 0 Å². The standard InChI is InChI=1S/C15H30O3/c1-3-5-6-7-8-9-10-11-12-13-14-18-15(16)17-4-2/h3-14H2,1-2H3. The van der Waals surface area contributed by atoms with Gasteiger partial charge in [0.2, 0.25) is 0 Å². The van der Waals surface area contributed by atoms with Crippen LogP contribution in [0.25, 0.3) is 0 Å². The van der Waals surface area contributed by atoms with Crippen molar-refractivity contribution < 1.29 is 14.3 Å². The third-order valence-electron chi connectivity index (χ3n) is 2.98. The monoisotopic (exact) mass is 258 g/mol. The van der Waals surface area contributed by atoms with Gasteiger partial charge in [-0.15, -0.1) is 0 Å². The first-order valence-corrected chi connectivity index (χ1v) is 7.60. The van der Waals surface area contributed by atoms with Gasteiger partial charge >= 0.3 is 6.16 Å². The highest BCUT2D eigenvalue weighted by molar-refractivity contribution is 5.59. The van der Waals surface area contributed by atoms with E-state index in [-0.39, 0.29) is 0 Å². The third kappa shape index (κ3) is 13.3. The smallest absolute Gasteiger partial charge is 0.435 e. The third-order valence-corrected chi connectivity index (χ3v) is 2.98. The largest absolute Gasteiger partial charge is 0.508 e. The first kappa shape index (κ1) is 17.3. The number of hydrogen-bond acceptors (Lipinski definition) is 3.